The molecule has 3 rings (SSSR count). The average molecular weight is 345 g/mol. The highest BCUT2D eigenvalue weighted by molar-refractivity contribution is 6.05. The van der Waals surface area contributed by atoms with Gasteiger partial charge in [0.25, 0.3) is 5.91 Å². The normalized spacial score (nSPS) is 25.6. The first-order valence-corrected chi connectivity index (χ1v) is 8.66. The van der Waals surface area contributed by atoms with Gasteiger partial charge < -0.3 is 10.0 Å². The molecule has 2 aliphatic rings. The van der Waals surface area contributed by atoms with E-state index in [1.54, 1.807) is 19.1 Å². The molecule has 1 saturated heterocycles. The fraction of sp³-hybridized carbons (Fsp3) is 0.556. The number of hydrogen-bond donors (Lipinski definition) is 2. The summed E-state index contributed by atoms with van der Waals surface area (Å²) in [7, 11) is 0. The first-order chi connectivity index (χ1) is 11.8. The van der Waals surface area contributed by atoms with Crippen molar-refractivity contribution in [2.75, 3.05) is 0 Å². The quantitative estimate of drug-likeness (QED) is 0.804. The average Bonchev–Trinajstić information content (AvgIpc) is 2.79. The lowest BCUT2D eigenvalue weighted by molar-refractivity contribution is -0.137. The SMILES string of the molecule is CCCC(C)(O)c1ccc2c(n1)[C@H](C)N([C@H]1CCC(=O)NC1=O)C2=O. The Bertz CT molecular complexity index is 744. The predicted octanol–water partition coefficient (Wildman–Crippen LogP) is 1.41. The topological polar surface area (TPSA) is 99.6 Å². The Kier molecular flexibility index (Phi) is 4.36. The van der Waals surface area contributed by atoms with E-state index in [4.69, 9.17) is 0 Å². The lowest BCUT2D eigenvalue weighted by Gasteiger charge is -2.32. The second kappa shape index (κ2) is 6.22. The molecule has 1 aromatic heterocycles. The first-order valence-electron chi connectivity index (χ1n) is 8.66. The molecule has 134 valence electrons. The summed E-state index contributed by atoms with van der Waals surface area (Å²) in [6.07, 6.45) is 1.91. The van der Waals surface area contributed by atoms with Crippen molar-refractivity contribution in [3.8, 4) is 0 Å². The zero-order chi connectivity index (χ0) is 18.4. The Hall–Kier alpha value is -2.28. The van der Waals surface area contributed by atoms with Crippen molar-refractivity contribution in [2.45, 2.75) is 64.1 Å². The van der Waals surface area contributed by atoms with Crippen molar-refractivity contribution in [1.82, 2.24) is 15.2 Å². The summed E-state index contributed by atoms with van der Waals surface area (Å²) < 4.78 is 0. The largest absolute Gasteiger partial charge is 0.384 e. The fourth-order valence-corrected chi connectivity index (χ4v) is 3.69. The minimum absolute atomic E-state index is 0.215. The number of hydrogen-bond acceptors (Lipinski definition) is 5. The van der Waals surface area contributed by atoms with E-state index in [0.29, 0.717) is 29.8 Å². The van der Waals surface area contributed by atoms with Crippen molar-refractivity contribution in [1.29, 1.82) is 0 Å². The molecule has 25 heavy (non-hydrogen) atoms. The molecule has 0 aliphatic carbocycles. The highest BCUT2D eigenvalue weighted by atomic mass is 16.3. The summed E-state index contributed by atoms with van der Waals surface area (Å²) in [6, 6.07) is 2.29. The van der Waals surface area contributed by atoms with Gasteiger partial charge in [-0.2, -0.15) is 0 Å². The maximum absolute atomic E-state index is 12.8. The molecule has 1 unspecified atom stereocenters. The molecule has 0 aromatic carbocycles. The predicted molar refractivity (Wildman–Crippen MR) is 89.5 cm³/mol. The number of pyridine rings is 1. The van der Waals surface area contributed by atoms with E-state index < -0.39 is 17.6 Å². The number of nitrogens with zero attached hydrogens (tertiary/aromatic N) is 2. The number of fused-ring (bicyclic) bond motifs is 1. The van der Waals surface area contributed by atoms with Crippen molar-refractivity contribution >= 4 is 17.7 Å². The molecule has 1 aromatic rings. The summed E-state index contributed by atoms with van der Waals surface area (Å²) in [5, 5.41) is 12.9. The maximum Gasteiger partial charge on any atom is 0.257 e. The Morgan fingerprint density at radius 2 is 2.08 bits per heavy atom. The summed E-state index contributed by atoms with van der Waals surface area (Å²) >= 11 is 0. The summed E-state index contributed by atoms with van der Waals surface area (Å²) in [6.45, 7) is 5.52. The number of carbonyl (C=O) groups is 3. The number of amides is 3. The van der Waals surface area contributed by atoms with E-state index in [1.807, 2.05) is 13.8 Å². The highest BCUT2D eigenvalue weighted by Crippen LogP contribution is 2.37. The molecule has 7 nitrogen and oxygen atoms in total. The second-order valence-corrected chi connectivity index (χ2v) is 7.01. The standard InChI is InChI=1S/C18H23N3O4/c1-4-9-18(3,25)13-7-5-11-15(19-13)10(2)21(17(11)24)12-6-8-14(22)20-16(12)23/h5,7,10,12,25H,4,6,8-9H2,1-3H3,(H,20,22,23)/t10-,12-,18?/m0/s1. The molecule has 3 atom stereocenters. The van der Waals surface area contributed by atoms with Gasteiger partial charge in [0, 0.05) is 6.42 Å². The number of imide groups is 1. The monoisotopic (exact) mass is 345 g/mol. The Morgan fingerprint density at radius 3 is 2.72 bits per heavy atom. The van der Waals surface area contributed by atoms with Crippen LogP contribution in [0.2, 0.25) is 0 Å². The molecule has 3 heterocycles. The molecule has 7 heteroatoms. The third-order valence-corrected chi connectivity index (χ3v) is 5.04. The van der Waals surface area contributed by atoms with E-state index in [2.05, 4.69) is 10.3 Å². The first kappa shape index (κ1) is 17.5. The number of carbonyl (C=O) groups excluding carboxylic acids is 3. The van der Waals surface area contributed by atoms with Gasteiger partial charge >= 0.3 is 0 Å². The van der Waals surface area contributed by atoms with Crippen LogP contribution in [-0.4, -0.2) is 38.8 Å². The smallest absolute Gasteiger partial charge is 0.257 e. The van der Waals surface area contributed by atoms with Crippen molar-refractivity contribution in [3.05, 3.63) is 29.1 Å². The van der Waals surface area contributed by atoms with Crippen molar-refractivity contribution < 1.29 is 19.5 Å². The highest BCUT2D eigenvalue weighted by Gasteiger charge is 2.44. The number of aromatic nitrogens is 1. The van der Waals surface area contributed by atoms with Crippen LogP contribution in [0, 0.1) is 0 Å². The molecule has 1 fully saturated rings. The fourth-order valence-electron chi connectivity index (χ4n) is 3.69. The van der Waals surface area contributed by atoms with Gasteiger partial charge in [0.05, 0.1) is 23.0 Å². The second-order valence-electron chi connectivity index (χ2n) is 7.01. The zero-order valence-corrected chi connectivity index (χ0v) is 14.7. The number of aliphatic hydroxyl groups is 1. The summed E-state index contributed by atoms with van der Waals surface area (Å²) in [5.74, 6) is -1.01. The van der Waals surface area contributed by atoms with Crippen LogP contribution in [-0.2, 0) is 15.2 Å². The number of nitrogens with one attached hydrogen (secondary N) is 1. The van der Waals surface area contributed by atoms with Gasteiger partial charge in [-0.3, -0.25) is 24.7 Å². The zero-order valence-electron chi connectivity index (χ0n) is 14.7. The Morgan fingerprint density at radius 1 is 1.36 bits per heavy atom. The summed E-state index contributed by atoms with van der Waals surface area (Å²) in [5.41, 5.74) is 0.490. The number of rotatable bonds is 4. The van der Waals surface area contributed by atoms with E-state index >= 15 is 0 Å². The maximum atomic E-state index is 12.8. The number of piperidine rings is 1. The molecule has 0 saturated carbocycles. The van der Waals surface area contributed by atoms with Crippen LogP contribution < -0.4 is 5.32 Å². The minimum Gasteiger partial charge on any atom is -0.384 e. The lowest BCUT2D eigenvalue weighted by Crippen LogP contribution is -2.53. The molecule has 2 N–H and O–H groups in total. The Balaban J connectivity index is 1.93. The lowest BCUT2D eigenvalue weighted by atomic mass is 9.95. The van der Waals surface area contributed by atoms with Crippen molar-refractivity contribution in [2.24, 2.45) is 0 Å². The molecule has 0 bridgehead atoms. The van der Waals surface area contributed by atoms with Crippen molar-refractivity contribution in [3.63, 3.8) is 0 Å². The molecule has 0 radical (unpaired) electrons. The molecular formula is C18H23N3O4. The van der Waals surface area contributed by atoms with Crippen LogP contribution in [0.1, 0.15) is 74.2 Å². The van der Waals surface area contributed by atoms with Crippen LogP contribution in [0.4, 0.5) is 0 Å². The van der Waals surface area contributed by atoms with E-state index in [9.17, 15) is 19.5 Å². The van der Waals surface area contributed by atoms with Gasteiger partial charge in [0.2, 0.25) is 11.8 Å². The van der Waals surface area contributed by atoms with E-state index in [-0.39, 0.29) is 24.3 Å². The van der Waals surface area contributed by atoms with Crippen LogP contribution >= 0.6 is 0 Å². The third-order valence-electron chi connectivity index (χ3n) is 5.04. The Labute approximate surface area is 146 Å². The van der Waals surface area contributed by atoms with Gasteiger partial charge in [0.15, 0.2) is 0 Å². The van der Waals surface area contributed by atoms with Gasteiger partial charge in [-0.1, -0.05) is 13.3 Å². The molecular weight excluding hydrogens is 322 g/mol. The summed E-state index contributed by atoms with van der Waals surface area (Å²) in [4.78, 5) is 42.3. The van der Waals surface area contributed by atoms with Crippen LogP contribution in [0.25, 0.3) is 0 Å². The van der Waals surface area contributed by atoms with Crippen LogP contribution in [0.15, 0.2) is 12.1 Å². The molecule has 3 amide bonds. The van der Waals surface area contributed by atoms with Gasteiger partial charge in [0.1, 0.15) is 11.6 Å². The van der Waals surface area contributed by atoms with Gasteiger partial charge in [-0.15, -0.1) is 0 Å². The van der Waals surface area contributed by atoms with Gasteiger partial charge in [-0.25, -0.2) is 0 Å². The molecule has 0 spiro atoms. The molecule has 2 aliphatic heterocycles. The van der Waals surface area contributed by atoms with Crippen LogP contribution in [0.3, 0.4) is 0 Å². The van der Waals surface area contributed by atoms with Gasteiger partial charge in [-0.05, 0) is 38.8 Å². The van der Waals surface area contributed by atoms with Crippen LogP contribution in [0.5, 0.6) is 0 Å². The minimum atomic E-state index is -1.06. The third kappa shape index (κ3) is 2.93. The van der Waals surface area contributed by atoms with E-state index in [0.717, 1.165) is 6.42 Å². The van der Waals surface area contributed by atoms with E-state index in [1.165, 1.54) is 4.90 Å².